The number of hydrogen-bond acceptors (Lipinski definition) is 8. The van der Waals surface area contributed by atoms with Crippen molar-refractivity contribution in [3.8, 4) is 23.5 Å². The molecule has 3 amide bonds. The van der Waals surface area contributed by atoms with E-state index in [1.165, 1.54) is 16.8 Å². The first kappa shape index (κ1) is 35.2. The number of hydrogen-bond donors (Lipinski definition) is 1. The van der Waals surface area contributed by atoms with Gasteiger partial charge in [-0.05, 0) is 46.5 Å². The van der Waals surface area contributed by atoms with Gasteiger partial charge in [-0.25, -0.2) is 19.5 Å². The monoisotopic (exact) mass is 709 g/mol. The quantitative estimate of drug-likeness (QED) is 0.153. The van der Waals surface area contributed by atoms with Crippen molar-refractivity contribution in [2.24, 2.45) is 0 Å². The van der Waals surface area contributed by atoms with Crippen LogP contribution in [0.3, 0.4) is 0 Å². The zero-order valence-corrected chi connectivity index (χ0v) is 29.1. The van der Waals surface area contributed by atoms with Crippen molar-refractivity contribution in [3.63, 3.8) is 0 Å². The van der Waals surface area contributed by atoms with Gasteiger partial charge in [0.2, 0.25) is 5.75 Å². The molecule has 0 spiro atoms. The average molecular weight is 710 g/mol. The van der Waals surface area contributed by atoms with Crippen molar-refractivity contribution in [1.29, 1.82) is 0 Å². The van der Waals surface area contributed by atoms with E-state index in [9.17, 15) is 14.7 Å². The Kier molecular flexibility index (Phi) is 11.2. The van der Waals surface area contributed by atoms with Crippen LogP contribution < -0.4 is 9.47 Å². The third kappa shape index (κ3) is 8.99. The molecule has 1 aromatic heterocycles. The molecule has 4 aromatic carbocycles. The summed E-state index contributed by atoms with van der Waals surface area (Å²) in [5.41, 5.74) is 5.86. The van der Waals surface area contributed by atoms with Crippen molar-refractivity contribution in [2.75, 3.05) is 32.8 Å². The van der Waals surface area contributed by atoms with Gasteiger partial charge in [-0.1, -0.05) is 96.8 Å². The number of ether oxygens (including phenoxy) is 3. The van der Waals surface area contributed by atoms with Crippen molar-refractivity contribution >= 4 is 12.1 Å². The second-order valence-electron chi connectivity index (χ2n) is 12.8. The minimum absolute atomic E-state index is 0.0117. The number of imide groups is 1. The summed E-state index contributed by atoms with van der Waals surface area (Å²) in [6, 6.07) is 33.5. The molecule has 11 heteroatoms. The Labute approximate surface area is 308 Å². The van der Waals surface area contributed by atoms with Crippen LogP contribution >= 0.6 is 0 Å². The van der Waals surface area contributed by atoms with Crippen LogP contribution in [0.15, 0.2) is 116 Å². The Bertz CT molecular complexity index is 2060. The lowest BCUT2D eigenvalue weighted by Crippen LogP contribution is -2.36. The molecule has 1 unspecified atom stereocenters. The van der Waals surface area contributed by atoms with Gasteiger partial charge in [-0.3, -0.25) is 4.90 Å². The Morgan fingerprint density at radius 3 is 1.98 bits per heavy atom. The lowest BCUT2D eigenvalue weighted by atomic mass is 10.0. The molecule has 3 heterocycles. The molecule has 2 saturated heterocycles. The van der Waals surface area contributed by atoms with Gasteiger partial charge in [0.1, 0.15) is 25.2 Å². The topological polar surface area (TPSA) is 118 Å². The Balaban J connectivity index is 1.05. The second kappa shape index (κ2) is 16.9. The lowest BCUT2D eigenvalue weighted by Gasteiger charge is -2.26. The lowest BCUT2D eigenvalue weighted by molar-refractivity contribution is 0.0342. The fourth-order valence-corrected chi connectivity index (χ4v) is 6.29. The molecule has 7 rings (SSSR count). The first-order chi connectivity index (χ1) is 26.0. The number of amides is 3. The zero-order valence-electron chi connectivity index (χ0n) is 29.1. The fourth-order valence-electron chi connectivity index (χ4n) is 6.29. The summed E-state index contributed by atoms with van der Waals surface area (Å²) in [6.45, 7) is 4.88. The van der Waals surface area contributed by atoms with Gasteiger partial charge in [0.25, 0.3) is 5.88 Å². The number of benzene rings is 4. The molecule has 0 radical (unpaired) electrons. The second-order valence-corrected chi connectivity index (χ2v) is 12.8. The number of urea groups is 1. The van der Waals surface area contributed by atoms with Crippen molar-refractivity contribution < 1.29 is 28.9 Å². The maximum Gasteiger partial charge on any atom is 0.416 e. The van der Waals surface area contributed by atoms with Crippen molar-refractivity contribution in [3.05, 3.63) is 155 Å². The van der Waals surface area contributed by atoms with E-state index in [1.54, 1.807) is 0 Å². The highest BCUT2D eigenvalue weighted by Gasteiger charge is 2.42. The van der Waals surface area contributed by atoms with Crippen LogP contribution in [0.4, 0.5) is 9.59 Å². The largest absolute Gasteiger partial charge is 0.482 e. The molecule has 11 nitrogen and oxygen atoms in total. The molecular formula is C42H39N5O6. The zero-order chi connectivity index (χ0) is 36.4. The molecule has 1 atom stereocenters. The molecule has 2 aliphatic rings. The predicted molar refractivity (Wildman–Crippen MR) is 197 cm³/mol. The minimum Gasteiger partial charge on any atom is -0.482 e. The van der Waals surface area contributed by atoms with Crippen LogP contribution in [0.25, 0.3) is 0 Å². The molecule has 2 aliphatic heterocycles. The number of carbonyl (C=O) groups is 2. The van der Waals surface area contributed by atoms with E-state index >= 15 is 0 Å². The number of morpholine rings is 1. The van der Waals surface area contributed by atoms with E-state index in [4.69, 9.17) is 14.2 Å². The van der Waals surface area contributed by atoms with Gasteiger partial charge in [-0.2, -0.15) is 4.98 Å². The normalized spacial score (nSPS) is 15.8. The molecule has 2 fully saturated rings. The van der Waals surface area contributed by atoms with E-state index in [1.807, 2.05) is 97.1 Å². The smallest absolute Gasteiger partial charge is 0.416 e. The summed E-state index contributed by atoms with van der Waals surface area (Å²) in [4.78, 5) is 39.5. The first-order valence-corrected chi connectivity index (χ1v) is 17.5. The van der Waals surface area contributed by atoms with Gasteiger partial charge in [0, 0.05) is 37.3 Å². The summed E-state index contributed by atoms with van der Waals surface area (Å²) in [5, 5.41) is 10.1. The summed E-state index contributed by atoms with van der Waals surface area (Å²) in [6.07, 6.45) is 0.0241. The third-order valence-corrected chi connectivity index (χ3v) is 9.13. The third-order valence-electron chi connectivity index (χ3n) is 9.13. The number of carboxylic acid groups (broad SMARTS) is 1. The van der Waals surface area contributed by atoms with Gasteiger partial charge >= 0.3 is 12.1 Å². The van der Waals surface area contributed by atoms with E-state index in [2.05, 4.69) is 38.8 Å². The highest BCUT2D eigenvalue weighted by molar-refractivity contribution is 5.92. The fraction of sp³-hybridized carbons (Fsp3) is 0.238. The maximum atomic E-state index is 13.6. The summed E-state index contributed by atoms with van der Waals surface area (Å²) < 4.78 is 17.8. The Morgan fingerprint density at radius 1 is 0.755 bits per heavy atom. The van der Waals surface area contributed by atoms with Crippen LogP contribution in [0, 0.1) is 11.8 Å². The van der Waals surface area contributed by atoms with Gasteiger partial charge in [0.05, 0.1) is 25.8 Å². The Morgan fingerprint density at radius 2 is 1.36 bits per heavy atom. The molecule has 0 saturated carbocycles. The summed E-state index contributed by atoms with van der Waals surface area (Å²) in [5.74, 6) is 6.93. The minimum atomic E-state index is -1.33. The number of nitrogens with zero attached hydrogens (tertiary/aromatic N) is 5. The standard InChI is InChI=1S/C42H39N5O6/c48-41-46(26-37-39(52-28-34-7-3-1-4-8-34)40(44-30-43-37)53-29-35-9-5-2-6-10-35)27-38(47(41)42(49)50)36-19-17-32(18-20-36)12-11-31-13-15-33(16-14-31)25-45-21-23-51-24-22-45/h1-10,13-20,30,38H,21-29H2,(H,49,50). The van der Waals surface area contributed by atoms with E-state index in [0.717, 1.165) is 60.0 Å². The van der Waals surface area contributed by atoms with E-state index in [-0.39, 0.29) is 32.2 Å². The van der Waals surface area contributed by atoms with Gasteiger partial charge < -0.3 is 24.2 Å². The van der Waals surface area contributed by atoms with Crippen LogP contribution in [0.1, 0.15) is 45.1 Å². The van der Waals surface area contributed by atoms with Crippen LogP contribution in [0.2, 0.25) is 0 Å². The van der Waals surface area contributed by atoms with Crippen molar-refractivity contribution in [2.45, 2.75) is 32.3 Å². The number of aromatic nitrogens is 2. The van der Waals surface area contributed by atoms with E-state index < -0.39 is 18.2 Å². The van der Waals surface area contributed by atoms with Gasteiger partial charge in [-0.15, -0.1) is 0 Å². The SMILES string of the molecule is O=C(O)N1C(=O)N(Cc2ncnc(OCc3ccccc3)c2OCc2ccccc2)CC1c1ccc(C#Cc2ccc(CN3CCOCC3)cc2)cc1. The maximum absolute atomic E-state index is 13.6. The highest BCUT2D eigenvalue weighted by Crippen LogP contribution is 2.35. The van der Waals surface area contributed by atoms with Crippen LogP contribution in [0.5, 0.6) is 11.6 Å². The molecule has 53 heavy (non-hydrogen) atoms. The summed E-state index contributed by atoms with van der Waals surface area (Å²) >= 11 is 0. The summed E-state index contributed by atoms with van der Waals surface area (Å²) in [7, 11) is 0. The van der Waals surface area contributed by atoms with E-state index in [0.29, 0.717) is 17.0 Å². The van der Waals surface area contributed by atoms with Crippen LogP contribution in [-0.2, 0) is 31.0 Å². The first-order valence-electron chi connectivity index (χ1n) is 17.5. The average Bonchev–Trinajstić information content (AvgIpc) is 3.53. The molecule has 1 N–H and O–H groups in total. The molecular weight excluding hydrogens is 670 g/mol. The molecule has 0 aliphatic carbocycles. The van der Waals surface area contributed by atoms with Gasteiger partial charge in [0.15, 0.2) is 0 Å². The van der Waals surface area contributed by atoms with Crippen molar-refractivity contribution in [1.82, 2.24) is 24.7 Å². The van der Waals surface area contributed by atoms with Crippen LogP contribution in [-0.4, -0.2) is 74.7 Å². The number of carbonyl (C=O) groups excluding carboxylic acids is 1. The molecule has 268 valence electrons. The molecule has 5 aromatic rings. The predicted octanol–water partition coefficient (Wildman–Crippen LogP) is 6.52. The molecule has 0 bridgehead atoms. The highest BCUT2D eigenvalue weighted by atomic mass is 16.5. The Hall–Kier alpha value is -6.22. The number of rotatable bonds is 11.